The second-order valence-corrected chi connectivity index (χ2v) is 0.780. The maximum absolute atomic E-state index is 9.01. The van der Waals surface area contributed by atoms with E-state index in [-0.39, 0.29) is 98.1 Å². The van der Waals surface area contributed by atoms with E-state index in [0.717, 1.165) is 0 Å². The zero-order chi connectivity index (χ0) is 4.12. The summed E-state index contributed by atoms with van der Waals surface area (Å²) in [6, 6.07) is 2.51. The number of hydrogen-bond acceptors (Lipinski definition) is 1. The Morgan fingerprint density at radius 1 is 1.38 bits per heavy atom. The third-order valence-electron chi connectivity index (χ3n) is 0.144. The monoisotopic (exact) mass is 351 g/mol. The van der Waals surface area contributed by atoms with Crippen LogP contribution < -0.4 is 0 Å². The van der Waals surface area contributed by atoms with Crippen molar-refractivity contribution in [3.05, 3.63) is 10.2 Å². The van der Waals surface area contributed by atoms with Gasteiger partial charge in [0.25, 0.3) is 6.07 Å². The summed E-state index contributed by atoms with van der Waals surface area (Å²) >= 11 is 0. The van der Waals surface area contributed by atoms with Gasteiger partial charge in [0.2, 0.25) is 0 Å². The maximum atomic E-state index is 9.01. The van der Waals surface area contributed by atoms with E-state index in [4.69, 9.17) is 5.21 Å². The molecule has 0 amide bonds. The van der Waals surface area contributed by atoms with Crippen LogP contribution in [-0.2, 0) is 98.1 Å². The first kappa shape index (κ1) is 22.4. The van der Waals surface area contributed by atoms with E-state index in [2.05, 4.69) is 21.3 Å². The predicted molar refractivity (Wildman–Crippen MR) is 21.2 cm³/mol. The van der Waals surface area contributed by atoms with Crippen LogP contribution in [0.2, 0.25) is 6.04 Å². The number of nitrogens with zero attached hydrogens (tertiary/aromatic N) is 1. The van der Waals surface area contributed by atoms with Crippen LogP contribution in [0, 0.1) is 11.3 Å². The zero-order valence-corrected chi connectivity index (χ0v) is 13.8. The molecule has 0 unspecified atom stereocenters. The Kier molecular flexibility index (Phi) is 63.2. The van der Waals surface area contributed by atoms with E-state index in [9.17, 15) is 0 Å². The summed E-state index contributed by atoms with van der Waals surface area (Å²) in [5.74, 6) is 0. The van der Waals surface area contributed by atoms with E-state index < -0.39 is 0 Å². The summed E-state index contributed by atoms with van der Waals surface area (Å²) in [4.78, 5) is 0. The molecule has 0 heterocycles. The first-order chi connectivity index (χ1) is 2.41. The molecule has 0 aliphatic heterocycles. The van der Waals surface area contributed by atoms with Gasteiger partial charge in [-0.1, -0.05) is 0 Å². The minimum absolute atomic E-state index is 0. The molecule has 0 saturated carbocycles. The van der Waals surface area contributed by atoms with Gasteiger partial charge in [-0.05, 0) is 0 Å². The van der Waals surface area contributed by atoms with E-state index >= 15 is 0 Å². The Morgan fingerprint density at radius 3 is 1.75 bits per heavy atom. The fourth-order valence-corrected chi connectivity index (χ4v) is 0.0968. The number of hydrogen-bond donors (Lipinski definition) is 0. The molecule has 34 valence electrons. The molecule has 0 atom stereocenters. The van der Waals surface area contributed by atoms with Crippen molar-refractivity contribution in [3.8, 4) is 6.07 Å². The van der Waals surface area contributed by atoms with Crippen LogP contribution in [0.15, 0.2) is 0 Å². The Bertz CT molecular complexity index is 69.4. The standard InChI is InChI=1S/C2H2NOSi.3Y/c4-3-1-2-5;;;/h2H2;;;. The first-order valence-electron chi connectivity index (χ1n) is 1.11. The topological polar surface area (TPSA) is 27.4 Å². The minimum atomic E-state index is 0. The Labute approximate surface area is 128 Å². The summed E-state index contributed by atoms with van der Waals surface area (Å²) in [6.45, 7) is 0. The molecule has 6 radical (unpaired) electrons. The van der Waals surface area contributed by atoms with Crippen molar-refractivity contribution in [1.82, 2.24) is 0 Å². The van der Waals surface area contributed by atoms with Crippen LogP contribution >= 0.6 is 0 Å². The molecule has 0 fully saturated rings. The molecule has 0 aromatic carbocycles. The molecule has 0 aliphatic rings. The van der Waals surface area contributed by atoms with Crippen molar-refractivity contribution in [2.24, 2.45) is 0 Å². The molecular formula is C2H2NOSiY3. The van der Waals surface area contributed by atoms with Gasteiger partial charge in [-0.25, -0.2) is 0 Å². The SMILES string of the molecule is [O-][N+]#CC[Si].[Y].[Y].[Y]. The Morgan fingerprint density at radius 2 is 1.75 bits per heavy atom. The van der Waals surface area contributed by atoms with Crippen LogP contribution in [0.1, 0.15) is 0 Å². The normalized spacial score (nSPS) is 3.12. The number of rotatable bonds is 0. The molecule has 0 bridgehead atoms. The second kappa shape index (κ2) is 22.6. The molecule has 8 heavy (non-hydrogen) atoms. The molecule has 0 spiro atoms. The van der Waals surface area contributed by atoms with Gasteiger partial charge >= 0.3 is 0 Å². The summed E-state index contributed by atoms with van der Waals surface area (Å²) in [7, 11) is 2.95. The summed E-state index contributed by atoms with van der Waals surface area (Å²) in [5.41, 5.74) is 0. The van der Waals surface area contributed by atoms with Gasteiger partial charge in [-0.2, -0.15) is 0 Å². The summed E-state index contributed by atoms with van der Waals surface area (Å²) in [6.07, 6.45) is 0. The molecule has 6 heteroatoms. The van der Waals surface area contributed by atoms with Crippen LogP contribution in [0.4, 0.5) is 0 Å². The molecule has 0 N–H and O–H groups in total. The van der Waals surface area contributed by atoms with Crippen molar-refractivity contribution in [1.29, 1.82) is 0 Å². The Hall–Kier alpha value is 2.82. The third-order valence-corrected chi connectivity index (χ3v) is 0.302. The van der Waals surface area contributed by atoms with Gasteiger partial charge in [0.05, 0.1) is 6.04 Å². The van der Waals surface area contributed by atoms with Crippen molar-refractivity contribution in [2.75, 3.05) is 0 Å². The molecular weight excluding hydrogens is 349 g/mol. The van der Waals surface area contributed by atoms with Gasteiger partial charge in [0.15, 0.2) is 0 Å². The second-order valence-electron chi connectivity index (χ2n) is 0.426. The van der Waals surface area contributed by atoms with Gasteiger partial charge in [-0.3, -0.25) is 0 Å². The molecule has 2 nitrogen and oxygen atoms in total. The average Bonchev–Trinajstić information content (AvgIpc) is 1.41. The predicted octanol–water partition coefficient (Wildman–Crippen LogP) is 0.396. The van der Waals surface area contributed by atoms with Gasteiger partial charge < -0.3 is 5.21 Å². The fraction of sp³-hybridized carbons (Fsp3) is 0.500. The quantitative estimate of drug-likeness (QED) is 0.459. The van der Waals surface area contributed by atoms with Gasteiger partial charge in [0.1, 0.15) is 0 Å². The smallest absolute Gasteiger partial charge is 0.294 e. The van der Waals surface area contributed by atoms with E-state index in [0.29, 0.717) is 6.04 Å². The fourth-order valence-electron chi connectivity index (χ4n) is 0.0323. The molecule has 0 aromatic heterocycles. The van der Waals surface area contributed by atoms with Crippen molar-refractivity contribution in [2.45, 2.75) is 6.04 Å². The van der Waals surface area contributed by atoms with Gasteiger partial charge in [-0.15, -0.1) is 0 Å². The molecule has 0 saturated heterocycles. The largest absolute Gasteiger partial charge is 0.498 e. The van der Waals surface area contributed by atoms with Crippen molar-refractivity contribution in [3.63, 3.8) is 0 Å². The maximum Gasteiger partial charge on any atom is 0.294 e. The van der Waals surface area contributed by atoms with Crippen LogP contribution in [0.5, 0.6) is 0 Å². The van der Waals surface area contributed by atoms with Crippen molar-refractivity contribution >= 4 is 10.2 Å². The van der Waals surface area contributed by atoms with Crippen LogP contribution in [-0.4, -0.2) is 10.2 Å². The third kappa shape index (κ3) is 23.2. The summed E-state index contributed by atoms with van der Waals surface area (Å²) < 4.78 is 0. The van der Waals surface area contributed by atoms with Crippen LogP contribution in [0.25, 0.3) is 5.01 Å². The van der Waals surface area contributed by atoms with E-state index in [1.807, 2.05) is 0 Å². The minimum Gasteiger partial charge on any atom is -0.498 e. The first-order valence-corrected chi connectivity index (χ1v) is 1.82. The zero-order valence-electron chi connectivity index (χ0n) is 4.29. The van der Waals surface area contributed by atoms with E-state index in [1.54, 1.807) is 0 Å². The average molecular weight is 351 g/mol. The summed E-state index contributed by atoms with van der Waals surface area (Å²) in [5, 5.41) is 11.3. The van der Waals surface area contributed by atoms with Gasteiger partial charge in [0, 0.05) is 113 Å². The Balaban J connectivity index is -0.0000000267. The van der Waals surface area contributed by atoms with E-state index in [1.165, 1.54) is 0 Å². The van der Waals surface area contributed by atoms with Crippen LogP contribution in [0.3, 0.4) is 0 Å². The molecule has 0 aromatic rings. The molecule has 0 aliphatic carbocycles. The van der Waals surface area contributed by atoms with Crippen molar-refractivity contribution < 1.29 is 98.1 Å². The molecule has 0 rings (SSSR count).